The molecular formula is C22H27F3N6O. The Balaban J connectivity index is 1.46. The number of alkyl halides is 3. The number of aromatic nitrogens is 2. The zero-order valence-electron chi connectivity index (χ0n) is 17.7. The van der Waals surface area contributed by atoms with Crippen LogP contribution in [0.3, 0.4) is 0 Å². The highest BCUT2D eigenvalue weighted by molar-refractivity contribution is 5.74. The molecule has 0 amide bonds. The van der Waals surface area contributed by atoms with E-state index >= 15 is 0 Å². The van der Waals surface area contributed by atoms with E-state index in [1.807, 2.05) is 23.1 Å². The lowest BCUT2D eigenvalue weighted by Gasteiger charge is -2.49. The molecule has 0 aromatic carbocycles. The Kier molecular flexibility index (Phi) is 5.48. The second-order valence-electron chi connectivity index (χ2n) is 8.75. The first-order valence-corrected chi connectivity index (χ1v) is 11.1. The van der Waals surface area contributed by atoms with Crippen molar-refractivity contribution in [3.05, 3.63) is 36.7 Å². The number of rotatable bonds is 4. The van der Waals surface area contributed by atoms with E-state index in [-0.39, 0.29) is 19.0 Å². The van der Waals surface area contributed by atoms with Gasteiger partial charge in [0.25, 0.3) is 0 Å². The van der Waals surface area contributed by atoms with Gasteiger partial charge in [-0.1, -0.05) is 0 Å². The molecule has 2 N–H and O–H groups in total. The smallest absolute Gasteiger partial charge is 0.366 e. The summed E-state index contributed by atoms with van der Waals surface area (Å²) in [5.74, 6) is -0.208. The fraction of sp³-hybridized carbons (Fsp3) is 0.545. The quantitative estimate of drug-likeness (QED) is 0.695. The van der Waals surface area contributed by atoms with Crippen LogP contribution in [0.25, 0.3) is 0 Å². The zero-order valence-corrected chi connectivity index (χ0v) is 17.7. The molecule has 2 aromatic heterocycles. The van der Waals surface area contributed by atoms with Gasteiger partial charge in [-0.25, -0.2) is 4.98 Å². The molecule has 10 heteroatoms. The molecule has 3 atom stereocenters. The number of nitrogens with zero attached hydrogens (tertiary/aromatic N) is 5. The molecule has 0 saturated carbocycles. The maximum atomic E-state index is 13.3. The fourth-order valence-corrected chi connectivity index (χ4v) is 5.05. The molecule has 2 saturated heterocycles. The fourth-order valence-electron chi connectivity index (χ4n) is 5.05. The minimum absolute atomic E-state index is 0.0578. The number of halogens is 3. The van der Waals surface area contributed by atoms with Gasteiger partial charge >= 0.3 is 6.18 Å². The third kappa shape index (κ3) is 4.03. The summed E-state index contributed by atoms with van der Waals surface area (Å²) < 4.78 is 40.0. The first kappa shape index (κ1) is 21.1. The second-order valence-corrected chi connectivity index (χ2v) is 8.75. The second kappa shape index (κ2) is 8.31. The number of anilines is 4. The third-order valence-corrected chi connectivity index (χ3v) is 6.64. The van der Waals surface area contributed by atoms with Crippen LogP contribution < -0.4 is 20.0 Å². The van der Waals surface area contributed by atoms with E-state index in [4.69, 9.17) is 4.98 Å². The normalized spacial score (nSPS) is 24.2. The first-order valence-electron chi connectivity index (χ1n) is 11.1. The van der Waals surface area contributed by atoms with Crippen molar-refractivity contribution in [2.45, 2.75) is 44.3 Å². The third-order valence-electron chi connectivity index (χ3n) is 6.64. The summed E-state index contributed by atoms with van der Waals surface area (Å²) in [5.41, 5.74) is 1.58. The van der Waals surface area contributed by atoms with Gasteiger partial charge in [-0.2, -0.15) is 13.2 Å². The molecule has 3 aliphatic rings. The van der Waals surface area contributed by atoms with E-state index in [0.29, 0.717) is 30.3 Å². The van der Waals surface area contributed by atoms with Crippen LogP contribution >= 0.6 is 0 Å². The van der Waals surface area contributed by atoms with Crippen LogP contribution in [0.2, 0.25) is 0 Å². The number of aliphatic hydroxyl groups excluding tert-OH is 1. The summed E-state index contributed by atoms with van der Waals surface area (Å²) in [6.07, 6.45) is 0.604. The predicted octanol–water partition coefficient (Wildman–Crippen LogP) is 3.43. The van der Waals surface area contributed by atoms with Crippen molar-refractivity contribution in [2.24, 2.45) is 5.92 Å². The number of piperidine rings is 2. The van der Waals surface area contributed by atoms with Crippen molar-refractivity contribution in [3.63, 3.8) is 0 Å². The van der Waals surface area contributed by atoms with Gasteiger partial charge in [0, 0.05) is 32.4 Å². The molecule has 0 radical (unpaired) electrons. The molecule has 0 spiro atoms. The molecule has 7 nitrogen and oxygen atoms in total. The lowest BCUT2D eigenvalue weighted by molar-refractivity contribution is -0.176. The molecule has 2 fully saturated rings. The SMILES string of the molecule is OC(Nc1cccnc1)N1c2nc(N3CCCC(C(F)(F)F)C3)ccc2N2CCC[C@H]1C2. The van der Waals surface area contributed by atoms with E-state index in [1.54, 1.807) is 23.4 Å². The average molecular weight is 448 g/mol. The Bertz CT molecular complexity index is 943. The molecule has 172 valence electrons. The van der Waals surface area contributed by atoms with E-state index in [0.717, 1.165) is 31.6 Å². The van der Waals surface area contributed by atoms with Crippen molar-refractivity contribution in [1.29, 1.82) is 0 Å². The summed E-state index contributed by atoms with van der Waals surface area (Å²) in [6.45, 7) is 2.14. The Morgan fingerprint density at radius 2 is 1.88 bits per heavy atom. The molecular weight excluding hydrogens is 421 g/mol. The summed E-state index contributed by atoms with van der Waals surface area (Å²) in [6, 6.07) is 7.41. The van der Waals surface area contributed by atoms with Crippen LogP contribution in [0.5, 0.6) is 0 Å². The predicted molar refractivity (Wildman–Crippen MR) is 117 cm³/mol. The standard InChI is InChI=1S/C22H27F3N6O/c23-22(24,25)15-4-2-11-30(13-15)19-8-7-18-20(28-19)31(17-6-3-10-29(18)14-17)21(32)27-16-5-1-9-26-12-16/h1,5,7-9,12,15,17,21,27,32H,2-4,6,10-11,13-14H2/t15?,17-,21?/m0/s1. The highest BCUT2D eigenvalue weighted by Crippen LogP contribution is 2.41. The zero-order chi connectivity index (χ0) is 22.3. The van der Waals surface area contributed by atoms with E-state index in [2.05, 4.69) is 15.2 Å². The van der Waals surface area contributed by atoms with Crippen LogP contribution in [0, 0.1) is 5.92 Å². The summed E-state index contributed by atoms with van der Waals surface area (Å²) in [5, 5.41) is 14.2. The van der Waals surface area contributed by atoms with E-state index in [1.165, 1.54) is 0 Å². The molecule has 5 rings (SSSR count). The van der Waals surface area contributed by atoms with Gasteiger partial charge in [0.2, 0.25) is 6.35 Å². The van der Waals surface area contributed by atoms with Crippen molar-refractivity contribution in [3.8, 4) is 0 Å². The maximum absolute atomic E-state index is 13.3. The van der Waals surface area contributed by atoms with Crippen molar-refractivity contribution in [1.82, 2.24) is 9.97 Å². The minimum atomic E-state index is -4.20. The number of hydrogen-bond donors (Lipinski definition) is 2. The first-order chi connectivity index (χ1) is 15.4. The van der Waals surface area contributed by atoms with Crippen LogP contribution in [0.15, 0.2) is 36.7 Å². The molecule has 0 aliphatic carbocycles. The number of fused-ring (bicyclic) bond motifs is 4. The van der Waals surface area contributed by atoms with Gasteiger partial charge in [0.15, 0.2) is 5.82 Å². The van der Waals surface area contributed by atoms with Crippen LogP contribution in [-0.2, 0) is 0 Å². The van der Waals surface area contributed by atoms with Gasteiger partial charge in [-0.05, 0) is 49.9 Å². The van der Waals surface area contributed by atoms with Crippen LogP contribution in [-0.4, -0.2) is 59.8 Å². The van der Waals surface area contributed by atoms with Gasteiger partial charge in [-0.3, -0.25) is 4.98 Å². The summed E-state index contributed by atoms with van der Waals surface area (Å²) >= 11 is 0. The Morgan fingerprint density at radius 3 is 2.66 bits per heavy atom. The number of hydrogen-bond acceptors (Lipinski definition) is 7. The van der Waals surface area contributed by atoms with Gasteiger partial charge in [0.05, 0.1) is 29.5 Å². The minimum Gasteiger partial charge on any atom is -0.366 e. The molecule has 2 aromatic rings. The number of aliphatic hydroxyl groups is 1. The molecule has 2 unspecified atom stereocenters. The molecule has 32 heavy (non-hydrogen) atoms. The van der Waals surface area contributed by atoms with Gasteiger partial charge in [0.1, 0.15) is 5.82 Å². The summed E-state index contributed by atoms with van der Waals surface area (Å²) in [7, 11) is 0. The van der Waals surface area contributed by atoms with Crippen LogP contribution in [0.4, 0.5) is 36.2 Å². The summed E-state index contributed by atoms with van der Waals surface area (Å²) in [4.78, 5) is 14.7. The average Bonchev–Trinajstić information content (AvgIpc) is 2.79. The van der Waals surface area contributed by atoms with Gasteiger partial charge < -0.3 is 25.1 Å². The molecule has 5 heterocycles. The van der Waals surface area contributed by atoms with Crippen molar-refractivity contribution < 1.29 is 18.3 Å². The van der Waals surface area contributed by atoms with Gasteiger partial charge in [-0.15, -0.1) is 0 Å². The monoisotopic (exact) mass is 448 g/mol. The largest absolute Gasteiger partial charge is 0.393 e. The van der Waals surface area contributed by atoms with E-state index in [9.17, 15) is 18.3 Å². The highest BCUT2D eigenvalue weighted by atomic mass is 19.4. The number of pyridine rings is 2. The lowest BCUT2D eigenvalue weighted by atomic mass is 9.97. The van der Waals surface area contributed by atoms with Crippen LogP contribution in [0.1, 0.15) is 25.7 Å². The topological polar surface area (TPSA) is 67.8 Å². The maximum Gasteiger partial charge on any atom is 0.393 e. The Hall–Kier alpha value is -2.75. The lowest BCUT2D eigenvalue weighted by Crippen LogP contribution is -2.58. The molecule has 2 bridgehead atoms. The Labute approximate surface area is 184 Å². The van der Waals surface area contributed by atoms with Crippen molar-refractivity contribution >= 4 is 23.0 Å². The van der Waals surface area contributed by atoms with E-state index < -0.39 is 18.4 Å². The number of nitrogens with one attached hydrogen (secondary N) is 1. The molecule has 3 aliphatic heterocycles. The highest BCUT2D eigenvalue weighted by Gasteiger charge is 2.43. The Morgan fingerprint density at radius 1 is 1.06 bits per heavy atom. The van der Waals surface area contributed by atoms with Crippen molar-refractivity contribution in [2.75, 3.05) is 46.2 Å².